The van der Waals surface area contributed by atoms with Gasteiger partial charge in [-0.3, -0.25) is 0 Å². The van der Waals surface area contributed by atoms with Gasteiger partial charge >= 0.3 is 0 Å². The third-order valence-electron chi connectivity index (χ3n) is 1.75. The molecule has 0 aromatic carbocycles. The Morgan fingerprint density at radius 3 is 3.00 bits per heavy atom. The van der Waals surface area contributed by atoms with Gasteiger partial charge in [0.2, 0.25) is 5.95 Å². The highest BCUT2D eigenvalue weighted by Gasteiger charge is 1.99. The number of rotatable bonds is 3. The summed E-state index contributed by atoms with van der Waals surface area (Å²) in [6.07, 6.45) is 2.48. The molecule has 0 aliphatic carbocycles. The zero-order valence-electron chi connectivity index (χ0n) is 7.34. The molecule has 3 heteroatoms. The highest BCUT2D eigenvalue weighted by atomic mass is 19.1. The fraction of sp³-hybridized carbons (Fsp3) is 0.444. The Labute approximate surface area is 71.8 Å². The predicted molar refractivity (Wildman–Crippen MR) is 47.6 cm³/mol. The Bertz CT molecular complexity index is 250. The minimum absolute atomic E-state index is 0.367. The molecule has 1 heterocycles. The molecule has 0 spiro atoms. The average Bonchev–Trinajstić information content (AvgIpc) is 2.04. The van der Waals surface area contributed by atoms with Crippen molar-refractivity contribution in [1.82, 2.24) is 4.98 Å². The summed E-state index contributed by atoms with van der Waals surface area (Å²) in [6, 6.07) is 3.52. The first-order valence-corrected chi connectivity index (χ1v) is 4.10. The Morgan fingerprint density at radius 2 is 2.42 bits per heavy atom. The second-order valence-electron chi connectivity index (χ2n) is 2.82. The van der Waals surface area contributed by atoms with Gasteiger partial charge in [0.05, 0.1) is 0 Å². The van der Waals surface area contributed by atoms with Gasteiger partial charge < -0.3 is 5.32 Å². The molecule has 1 atom stereocenters. The van der Waals surface area contributed by atoms with Gasteiger partial charge in [-0.15, -0.1) is 0 Å². The standard InChI is InChI=1S/C9H13FN2/c1-3-7(2)12-8-4-5-11-9(10)6-8/h4-7H,3H2,1-2H3,(H,11,12). The summed E-state index contributed by atoms with van der Waals surface area (Å²) in [5.74, 6) is -0.441. The van der Waals surface area contributed by atoms with Crippen LogP contribution < -0.4 is 5.32 Å². The third-order valence-corrected chi connectivity index (χ3v) is 1.75. The molecule has 0 amide bonds. The van der Waals surface area contributed by atoms with Crippen LogP contribution in [0.5, 0.6) is 0 Å². The van der Waals surface area contributed by atoms with E-state index in [0.717, 1.165) is 12.1 Å². The van der Waals surface area contributed by atoms with E-state index in [2.05, 4.69) is 24.1 Å². The van der Waals surface area contributed by atoms with Crippen LogP contribution in [0.3, 0.4) is 0 Å². The summed E-state index contributed by atoms with van der Waals surface area (Å²) in [4.78, 5) is 3.47. The van der Waals surface area contributed by atoms with Crippen molar-refractivity contribution in [3.63, 3.8) is 0 Å². The van der Waals surface area contributed by atoms with Crippen molar-refractivity contribution in [2.45, 2.75) is 26.3 Å². The van der Waals surface area contributed by atoms with Gasteiger partial charge in [-0.25, -0.2) is 4.98 Å². The first-order chi connectivity index (χ1) is 5.72. The number of halogens is 1. The van der Waals surface area contributed by atoms with E-state index in [1.54, 1.807) is 6.07 Å². The van der Waals surface area contributed by atoms with Crippen molar-refractivity contribution < 1.29 is 4.39 Å². The van der Waals surface area contributed by atoms with E-state index in [4.69, 9.17) is 0 Å². The van der Waals surface area contributed by atoms with E-state index in [0.29, 0.717) is 6.04 Å². The molecule has 1 N–H and O–H groups in total. The largest absolute Gasteiger partial charge is 0.382 e. The van der Waals surface area contributed by atoms with E-state index in [-0.39, 0.29) is 0 Å². The van der Waals surface area contributed by atoms with Gasteiger partial charge in [0.25, 0.3) is 0 Å². The van der Waals surface area contributed by atoms with Crippen molar-refractivity contribution in [3.05, 3.63) is 24.3 Å². The fourth-order valence-electron chi connectivity index (χ4n) is 0.879. The minimum Gasteiger partial charge on any atom is -0.382 e. The van der Waals surface area contributed by atoms with E-state index in [9.17, 15) is 4.39 Å². The molecule has 0 fully saturated rings. The maximum absolute atomic E-state index is 12.6. The second-order valence-corrected chi connectivity index (χ2v) is 2.82. The molecule has 2 nitrogen and oxygen atoms in total. The third kappa shape index (κ3) is 2.49. The van der Waals surface area contributed by atoms with Gasteiger partial charge in [-0.2, -0.15) is 4.39 Å². The molecule has 0 saturated carbocycles. The lowest BCUT2D eigenvalue weighted by Crippen LogP contribution is -2.13. The van der Waals surface area contributed by atoms with Crippen LogP contribution in [0, 0.1) is 5.95 Å². The van der Waals surface area contributed by atoms with Crippen LogP contribution in [0.4, 0.5) is 10.1 Å². The van der Waals surface area contributed by atoms with Crippen LogP contribution in [0.2, 0.25) is 0 Å². The number of aromatic nitrogens is 1. The number of pyridine rings is 1. The van der Waals surface area contributed by atoms with E-state index in [1.165, 1.54) is 12.3 Å². The molecule has 12 heavy (non-hydrogen) atoms. The summed E-state index contributed by atoms with van der Waals surface area (Å²) in [6.45, 7) is 4.13. The highest BCUT2D eigenvalue weighted by Crippen LogP contribution is 2.09. The molecule has 0 aliphatic heterocycles. The van der Waals surface area contributed by atoms with Gasteiger partial charge in [-0.1, -0.05) is 6.92 Å². The summed E-state index contributed by atoms with van der Waals surface area (Å²) < 4.78 is 12.6. The molecular weight excluding hydrogens is 155 g/mol. The van der Waals surface area contributed by atoms with E-state index < -0.39 is 5.95 Å². The molecule has 1 unspecified atom stereocenters. The molecule has 66 valence electrons. The number of nitrogens with one attached hydrogen (secondary N) is 1. The van der Waals surface area contributed by atoms with Gasteiger partial charge in [0.15, 0.2) is 0 Å². The quantitative estimate of drug-likeness (QED) is 0.701. The molecular formula is C9H13FN2. The molecule has 0 saturated heterocycles. The molecule has 1 aromatic rings. The Morgan fingerprint density at radius 1 is 1.67 bits per heavy atom. The fourth-order valence-corrected chi connectivity index (χ4v) is 0.879. The lowest BCUT2D eigenvalue weighted by atomic mass is 10.2. The van der Waals surface area contributed by atoms with E-state index >= 15 is 0 Å². The van der Waals surface area contributed by atoms with Crippen LogP contribution in [0.1, 0.15) is 20.3 Å². The van der Waals surface area contributed by atoms with Crippen LogP contribution in [-0.2, 0) is 0 Å². The van der Waals surface area contributed by atoms with Gasteiger partial charge in [0.1, 0.15) is 0 Å². The molecule has 0 radical (unpaired) electrons. The SMILES string of the molecule is CCC(C)Nc1ccnc(F)c1. The number of hydrogen-bond donors (Lipinski definition) is 1. The summed E-state index contributed by atoms with van der Waals surface area (Å²) in [7, 11) is 0. The lowest BCUT2D eigenvalue weighted by Gasteiger charge is -2.11. The van der Waals surface area contributed by atoms with Crippen molar-refractivity contribution in [3.8, 4) is 0 Å². The lowest BCUT2D eigenvalue weighted by molar-refractivity contribution is 0.584. The molecule has 1 rings (SSSR count). The summed E-state index contributed by atoms with van der Waals surface area (Å²) in [5, 5.41) is 3.15. The summed E-state index contributed by atoms with van der Waals surface area (Å²) in [5.41, 5.74) is 0.789. The first-order valence-electron chi connectivity index (χ1n) is 4.10. The Hall–Kier alpha value is -1.12. The zero-order chi connectivity index (χ0) is 8.97. The molecule has 1 aromatic heterocycles. The predicted octanol–water partition coefficient (Wildman–Crippen LogP) is 2.43. The second kappa shape index (κ2) is 4.04. The van der Waals surface area contributed by atoms with E-state index in [1.807, 2.05) is 0 Å². The maximum atomic E-state index is 12.6. The normalized spacial score (nSPS) is 12.6. The van der Waals surface area contributed by atoms with Crippen molar-refractivity contribution >= 4 is 5.69 Å². The van der Waals surface area contributed by atoms with Gasteiger partial charge in [0, 0.05) is 24.0 Å². The molecule has 0 bridgehead atoms. The minimum atomic E-state index is -0.441. The average molecular weight is 168 g/mol. The number of hydrogen-bond acceptors (Lipinski definition) is 2. The van der Waals surface area contributed by atoms with Crippen molar-refractivity contribution in [2.75, 3.05) is 5.32 Å². The number of anilines is 1. The maximum Gasteiger partial charge on any atom is 0.214 e. The Kier molecular flexibility index (Phi) is 3.02. The van der Waals surface area contributed by atoms with Crippen LogP contribution >= 0.6 is 0 Å². The van der Waals surface area contributed by atoms with Crippen LogP contribution in [0.25, 0.3) is 0 Å². The van der Waals surface area contributed by atoms with Crippen LogP contribution in [-0.4, -0.2) is 11.0 Å². The first kappa shape index (κ1) is 8.97. The topological polar surface area (TPSA) is 24.9 Å². The zero-order valence-corrected chi connectivity index (χ0v) is 7.34. The monoisotopic (exact) mass is 168 g/mol. The molecule has 0 aliphatic rings. The smallest absolute Gasteiger partial charge is 0.214 e. The van der Waals surface area contributed by atoms with Crippen LogP contribution in [0.15, 0.2) is 18.3 Å². The Balaban J connectivity index is 2.63. The highest BCUT2D eigenvalue weighted by molar-refractivity contribution is 5.41. The van der Waals surface area contributed by atoms with Crippen molar-refractivity contribution in [2.24, 2.45) is 0 Å². The number of nitrogens with zero attached hydrogens (tertiary/aromatic N) is 1. The van der Waals surface area contributed by atoms with Gasteiger partial charge in [-0.05, 0) is 19.4 Å². The summed E-state index contributed by atoms with van der Waals surface area (Å²) >= 11 is 0. The van der Waals surface area contributed by atoms with Crippen molar-refractivity contribution in [1.29, 1.82) is 0 Å².